The number of carbonyl (C=O) groups excluding carboxylic acids is 1. The average molecular weight is 327 g/mol. The number of alkyl halides is 3. The lowest BCUT2D eigenvalue weighted by atomic mass is 10.1. The molecule has 0 unspecified atom stereocenters. The van der Waals surface area contributed by atoms with Gasteiger partial charge in [0.1, 0.15) is 0 Å². The molecule has 0 saturated heterocycles. The number of aromatic nitrogens is 4. The molecule has 0 spiro atoms. The van der Waals surface area contributed by atoms with Gasteiger partial charge in [0.25, 0.3) is 5.91 Å². The van der Waals surface area contributed by atoms with E-state index in [9.17, 15) is 18.0 Å². The van der Waals surface area contributed by atoms with E-state index >= 15 is 0 Å². The summed E-state index contributed by atoms with van der Waals surface area (Å²) in [5, 5.41) is 13.7. The highest BCUT2D eigenvalue weighted by Crippen LogP contribution is 2.31. The van der Waals surface area contributed by atoms with Crippen molar-refractivity contribution >= 4 is 5.91 Å². The van der Waals surface area contributed by atoms with Crippen LogP contribution in [0.25, 0.3) is 0 Å². The zero-order valence-corrected chi connectivity index (χ0v) is 12.6. The maximum absolute atomic E-state index is 12.9. The smallest absolute Gasteiger partial charge is 0.352 e. The molecule has 2 aromatic rings. The van der Waals surface area contributed by atoms with Gasteiger partial charge in [0.05, 0.1) is 17.2 Å². The van der Waals surface area contributed by atoms with Crippen molar-refractivity contribution in [2.45, 2.75) is 32.5 Å². The van der Waals surface area contributed by atoms with E-state index in [1.54, 1.807) is 4.68 Å². The molecule has 1 aromatic carbocycles. The van der Waals surface area contributed by atoms with Crippen LogP contribution in [0.1, 0.15) is 41.6 Å². The summed E-state index contributed by atoms with van der Waals surface area (Å²) in [6.45, 7) is 3.94. The lowest BCUT2D eigenvalue weighted by molar-refractivity contribution is -0.137. The van der Waals surface area contributed by atoms with E-state index in [2.05, 4.69) is 20.8 Å². The molecule has 0 fully saturated rings. The van der Waals surface area contributed by atoms with Crippen LogP contribution in [-0.4, -0.2) is 32.7 Å². The Balaban J connectivity index is 2.02. The number of tetrazole rings is 1. The van der Waals surface area contributed by atoms with Crippen LogP contribution in [0.3, 0.4) is 0 Å². The van der Waals surface area contributed by atoms with Crippen LogP contribution in [0.2, 0.25) is 0 Å². The highest BCUT2D eigenvalue weighted by molar-refractivity contribution is 5.95. The van der Waals surface area contributed by atoms with Crippen molar-refractivity contribution in [3.8, 4) is 0 Å². The first kappa shape index (κ1) is 16.9. The molecule has 1 aromatic heterocycles. The third kappa shape index (κ3) is 4.05. The number of amides is 1. The Bertz CT molecular complexity index is 681. The van der Waals surface area contributed by atoms with Crippen molar-refractivity contribution < 1.29 is 18.0 Å². The normalized spacial score (nSPS) is 11.7. The zero-order valence-electron chi connectivity index (χ0n) is 12.6. The summed E-state index contributed by atoms with van der Waals surface area (Å²) >= 11 is 0. The standard InChI is InChI=1S/C14H16F3N5O/c1-9(2)22-12(19-20-21-22)7-8-18-13(23)10-5-3-4-6-11(10)14(15,16)17/h3-6,9H,7-8H2,1-2H3,(H,18,23). The monoisotopic (exact) mass is 327 g/mol. The van der Waals surface area contributed by atoms with Gasteiger partial charge in [-0.3, -0.25) is 4.79 Å². The molecule has 0 radical (unpaired) electrons. The first-order chi connectivity index (χ1) is 10.8. The Morgan fingerprint density at radius 3 is 2.65 bits per heavy atom. The first-order valence-electron chi connectivity index (χ1n) is 7.02. The van der Waals surface area contributed by atoms with Crippen molar-refractivity contribution in [3.05, 3.63) is 41.2 Å². The molecule has 0 saturated carbocycles. The molecule has 23 heavy (non-hydrogen) atoms. The van der Waals surface area contributed by atoms with Gasteiger partial charge in [0.2, 0.25) is 0 Å². The molecule has 0 bridgehead atoms. The summed E-state index contributed by atoms with van der Waals surface area (Å²) < 4.78 is 40.3. The molecule has 9 heteroatoms. The first-order valence-corrected chi connectivity index (χ1v) is 7.02. The second-order valence-electron chi connectivity index (χ2n) is 5.18. The molecule has 6 nitrogen and oxygen atoms in total. The predicted molar refractivity (Wildman–Crippen MR) is 75.7 cm³/mol. The average Bonchev–Trinajstić information content (AvgIpc) is 2.95. The van der Waals surface area contributed by atoms with Gasteiger partial charge in [-0.15, -0.1) is 5.10 Å². The number of carbonyl (C=O) groups is 1. The quantitative estimate of drug-likeness (QED) is 0.914. The Hall–Kier alpha value is -2.45. The molecule has 2 rings (SSSR count). The van der Waals surface area contributed by atoms with Gasteiger partial charge in [-0.2, -0.15) is 13.2 Å². The van der Waals surface area contributed by atoms with Gasteiger partial charge in [-0.1, -0.05) is 12.1 Å². The SMILES string of the molecule is CC(C)n1nnnc1CCNC(=O)c1ccccc1C(F)(F)F. The maximum Gasteiger partial charge on any atom is 0.417 e. The fraction of sp³-hybridized carbons (Fsp3) is 0.429. The van der Waals surface area contributed by atoms with E-state index in [4.69, 9.17) is 0 Å². The summed E-state index contributed by atoms with van der Waals surface area (Å²) in [7, 11) is 0. The van der Waals surface area contributed by atoms with E-state index < -0.39 is 23.2 Å². The van der Waals surface area contributed by atoms with Crippen molar-refractivity contribution in [2.75, 3.05) is 6.54 Å². The van der Waals surface area contributed by atoms with E-state index in [1.165, 1.54) is 12.1 Å². The van der Waals surface area contributed by atoms with Crippen LogP contribution in [0.15, 0.2) is 24.3 Å². The largest absolute Gasteiger partial charge is 0.417 e. The van der Waals surface area contributed by atoms with Crippen LogP contribution in [0, 0.1) is 0 Å². The molecular weight excluding hydrogens is 311 g/mol. The molecule has 0 aliphatic rings. The molecule has 0 aliphatic heterocycles. The molecule has 1 amide bonds. The number of rotatable bonds is 5. The van der Waals surface area contributed by atoms with E-state index in [0.717, 1.165) is 12.1 Å². The summed E-state index contributed by atoms with van der Waals surface area (Å²) in [5.41, 5.74) is -1.35. The fourth-order valence-electron chi connectivity index (χ4n) is 2.09. The summed E-state index contributed by atoms with van der Waals surface area (Å²) in [6.07, 6.45) is -4.25. The van der Waals surface area contributed by atoms with Crippen molar-refractivity contribution in [3.63, 3.8) is 0 Å². The van der Waals surface area contributed by atoms with Crippen LogP contribution in [-0.2, 0) is 12.6 Å². The third-order valence-electron chi connectivity index (χ3n) is 3.16. The number of hydrogen-bond acceptors (Lipinski definition) is 4. The van der Waals surface area contributed by atoms with Gasteiger partial charge >= 0.3 is 6.18 Å². The Morgan fingerprint density at radius 2 is 2.00 bits per heavy atom. The van der Waals surface area contributed by atoms with Crippen LogP contribution >= 0.6 is 0 Å². The number of halogens is 3. The second-order valence-corrected chi connectivity index (χ2v) is 5.18. The van der Waals surface area contributed by atoms with Crippen LogP contribution in [0.4, 0.5) is 13.2 Å². The van der Waals surface area contributed by atoms with Gasteiger partial charge in [0, 0.05) is 13.0 Å². The minimum absolute atomic E-state index is 0.0571. The topological polar surface area (TPSA) is 72.7 Å². The van der Waals surface area contributed by atoms with E-state index in [0.29, 0.717) is 12.2 Å². The van der Waals surface area contributed by atoms with Crippen LogP contribution < -0.4 is 5.32 Å². The minimum atomic E-state index is -4.57. The van der Waals surface area contributed by atoms with Crippen molar-refractivity contribution in [1.82, 2.24) is 25.5 Å². The van der Waals surface area contributed by atoms with Crippen molar-refractivity contribution in [1.29, 1.82) is 0 Å². The van der Waals surface area contributed by atoms with Crippen molar-refractivity contribution in [2.24, 2.45) is 0 Å². The number of benzene rings is 1. The Labute approximate surface area is 130 Å². The Kier molecular flexibility index (Phi) is 4.97. The minimum Gasteiger partial charge on any atom is -0.352 e. The second kappa shape index (κ2) is 6.76. The van der Waals surface area contributed by atoms with Crippen LogP contribution in [0.5, 0.6) is 0 Å². The molecule has 124 valence electrons. The number of hydrogen-bond donors (Lipinski definition) is 1. The lowest BCUT2D eigenvalue weighted by Crippen LogP contribution is -2.28. The summed E-state index contributed by atoms with van der Waals surface area (Å²) in [5.74, 6) is -0.217. The maximum atomic E-state index is 12.9. The molecular formula is C14H16F3N5O. The number of nitrogens with zero attached hydrogens (tertiary/aromatic N) is 4. The van der Waals surface area contributed by atoms with E-state index in [1.807, 2.05) is 13.8 Å². The number of nitrogens with one attached hydrogen (secondary N) is 1. The van der Waals surface area contributed by atoms with E-state index in [-0.39, 0.29) is 12.6 Å². The van der Waals surface area contributed by atoms with Gasteiger partial charge < -0.3 is 5.32 Å². The lowest BCUT2D eigenvalue weighted by Gasteiger charge is -2.12. The van der Waals surface area contributed by atoms with Gasteiger partial charge in [-0.25, -0.2) is 4.68 Å². The summed E-state index contributed by atoms with van der Waals surface area (Å²) in [6, 6.07) is 4.73. The molecule has 1 heterocycles. The predicted octanol–water partition coefficient (Wildman–Crippen LogP) is 2.25. The molecule has 0 aliphatic carbocycles. The Morgan fingerprint density at radius 1 is 1.30 bits per heavy atom. The highest BCUT2D eigenvalue weighted by atomic mass is 19.4. The van der Waals surface area contributed by atoms with Gasteiger partial charge in [0.15, 0.2) is 5.82 Å². The fourth-order valence-corrected chi connectivity index (χ4v) is 2.09. The molecule has 0 atom stereocenters. The summed E-state index contributed by atoms with van der Waals surface area (Å²) in [4.78, 5) is 12.0. The molecule has 1 N–H and O–H groups in total. The third-order valence-corrected chi connectivity index (χ3v) is 3.16. The zero-order chi connectivity index (χ0) is 17.0. The highest BCUT2D eigenvalue weighted by Gasteiger charge is 2.34. The van der Waals surface area contributed by atoms with Gasteiger partial charge in [-0.05, 0) is 36.4 Å².